The van der Waals surface area contributed by atoms with Gasteiger partial charge in [0, 0.05) is 11.4 Å². The first-order valence-corrected chi connectivity index (χ1v) is 4.43. The topological polar surface area (TPSA) is 98.2 Å². The molecule has 0 spiro atoms. The van der Waals surface area contributed by atoms with Crippen molar-refractivity contribution in [2.75, 3.05) is 11.9 Å². The molecule has 0 saturated heterocycles. The number of anilines is 1. The normalized spacial score (nSPS) is 12.2. The first-order valence-electron chi connectivity index (χ1n) is 4.43. The second kappa shape index (κ2) is 4.70. The fraction of sp³-hybridized carbons (Fsp3) is 0.444. The van der Waals surface area contributed by atoms with E-state index < -0.39 is 18.6 Å². The highest BCUT2D eigenvalue weighted by Crippen LogP contribution is 2.04. The van der Waals surface area contributed by atoms with Crippen molar-refractivity contribution in [3.8, 4) is 0 Å². The van der Waals surface area contributed by atoms with E-state index in [1.165, 1.54) is 0 Å². The number of aryl methyl sites for hydroxylation is 2. The maximum Gasteiger partial charge on any atom is 0.223 e. The summed E-state index contributed by atoms with van der Waals surface area (Å²) in [6.07, 6.45) is 0. The molecule has 0 amide bonds. The minimum Gasteiger partial charge on any atom is -0.548 e. The number of rotatable bonds is 4. The smallest absolute Gasteiger partial charge is 0.223 e. The molecule has 1 aromatic rings. The molecule has 0 aromatic carbocycles. The van der Waals surface area contributed by atoms with Crippen molar-refractivity contribution in [2.24, 2.45) is 0 Å². The average Bonchev–Trinajstić information content (AvgIpc) is 2.12. The van der Waals surface area contributed by atoms with Gasteiger partial charge in [-0.05, 0) is 19.9 Å². The minimum atomic E-state index is -1.39. The third-order valence-electron chi connectivity index (χ3n) is 1.75. The molecule has 0 fully saturated rings. The minimum absolute atomic E-state index is 0.177. The molecular formula is C9H12N3O3-. The van der Waals surface area contributed by atoms with E-state index in [9.17, 15) is 9.90 Å². The Morgan fingerprint density at radius 1 is 1.53 bits per heavy atom. The Bertz CT molecular complexity index is 347. The van der Waals surface area contributed by atoms with Crippen LogP contribution in [0.25, 0.3) is 0 Å². The molecule has 1 aromatic heterocycles. The van der Waals surface area contributed by atoms with Gasteiger partial charge in [-0.1, -0.05) is 0 Å². The number of carboxylic acids is 1. The Balaban J connectivity index is 2.83. The number of aromatic nitrogens is 2. The zero-order valence-electron chi connectivity index (χ0n) is 8.52. The quantitative estimate of drug-likeness (QED) is 0.635. The second-order valence-electron chi connectivity index (χ2n) is 3.17. The molecule has 0 aliphatic carbocycles. The lowest BCUT2D eigenvalue weighted by molar-refractivity contribution is -0.307. The highest BCUT2D eigenvalue weighted by Gasteiger charge is 2.09. The molecule has 1 atom stereocenters. The summed E-state index contributed by atoms with van der Waals surface area (Å²) in [5.74, 6) is -1.21. The van der Waals surface area contributed by atoms with Gasteiger partial charge in [-0.15, -0.1) is 0 Å². The Morgan fingerprint density at radius 2 is 2.07 bits per heavy atom. The Labute approximate surface area is 87.0 Å². The monoisotopic (exact) mass is 210 g/mol. The maximum absolute atomic E-state index is 10.5. The maximum atomic E-state index is 10.5. The molecule has 2 N–H and O–H groups in total. The van der Waals surface area contributed by atoms with Crippen molar-refractivity contribution in [2.45, 2.75) is 19.9 Å². The molecular weight excluding hydrogens is 198 g/mol. The third-order valence-corrected chi connectivity index (χ3v) is 1.75. The first kappa shape index (κ1) is 11.4. The molecule has 0 aliphatic heterocycles. The number of hydrogen-bond donors (Lipinski definition) is 2. The number of aliphatic hydroxyl groups excluding tert-OH is 1. The second-order valence-corrected chi connectivity index (χ2v) is 3.17. The van der Waals surface area contributed by atoms with Gasteiger partial charge in [0.25, 0.3) is 0 Å². The van der Waals surface area contributed by atoms with E-state index in [2.05, 4.69) is 15.3 Å². The fourth-order valence-corrected chi connectivity index (χ4v) is 1.13. The van der Waals surface area contributed by atoms with Gasteiger partial charge in [0.15, 0.2) is 0 Å². The van der Waals surface area contributed by atoms with E-state index in [1.807, 2.05) is 0 Å². The number of aliphatic carboxylic acids is 1. The van der Waals surface area contributed by atoms with Gasteiger partial charge >= 0.3 is 0 Å². The molecule has 6 nitrogen and oxygen atoms in total. The summed E-state index contributed by atoms with van der Waals surface area (Å²) in [7, 11) is 0. The Kier molecular flexibility index (Phi) is 3.56. The van der Waals surface area contributed by atoms with E-state index in [1.54, 1.807) is 19.9 Å². The number of carbonyl (C=O) groups is 1. The highest BCUT2D eigenvalue weighted by atomic mass is 16.4. The summed E-state index contributed by atoms with van der Waals surface area (Å²) in [5.41, 5.74) is 1.44. The van der Waals surface area contributed by atoms with Gasteiger partial charge < -0.3 is 20.3 Å². The molecule has 0 bridgehead atoms. The van der Waals surface area contributed by atoms with Crippen LogP contribution in [-0.4, -0.2) is 33.7 Å². The van der Waals surface area contributed by atoms with E-state index in [0.29, 0.717) is 0 Å². The lowest BCUT2D eigenvalue weighted by atomic mass is 10.3. The van der Waals surface area contributed by atoms with Crippen molar-refractivity contribution < 1.29 is 15.0 Å². The van der Waals surface area contributed by atoms with Gasteiger partial charge in [-0.2, -0.15) is 0 Å². The fourth-order valence-electron chi connectivity index (χ4n) is 1.13. The summed E-state index contributed by atoms with van der Waals surface area (Å²) in [6, 6.07) is 0.573. The molecule has 15 heavy (non-hydrogen) atoms. The van der Waals surface area contributed by atoms with Crippen molar-refractivity contribution >= 4 is 11.9 Å². The third kappa shape index (κ3) is 3.17. The van der Waals surface area contributed by atoms with E-state index in [-0.39, 0.29) is 5.95 Å². The van der Waals surface area contributed by atoms with E-state index >= 15 is 0 Å². The van der Waals surface area contributed by atoms with Gasteiger partial charge in [0.2, 0.25) is 5.95 Å². The van der Waals surface area contributed by atoms with Crippen LogP contribution in [0.15, 0.2) is 6.07 Å². The van der Waals surface area contributed by atoms with E-state index in [0.717, 1.165) is 11.4 Å². The van der Waals surface area contributed by atoms with Crippen LogP contribution >= 0.6 is 0 Å². The molecule has 0 aliphatic rings. The van der Waals surface area contributed by atoms with Crippen LogP contribution in [0.1, 0.15) is 11.4 Å². The lowest BCUT2D eigenvalue weighted by Gasteiger charge is -2.17. The van der Waals surface area contributed by atoms with Crippen LogP contribution in [-0.2, 0) is 4.79 Å². The molecule has 1 unspecified atom stereocenters. The molecule has 6 heteroatoms. The van der Waals surface area contributed by atoms with Crippen molar-refractivity contribution in [1.29, 1.82) is 0 Å². The largest absolute Gasteiger partial charge is 0.548 e. The van der Waals surface area contributed by atoms with Crippen LogP contribution in [0.2, 0.25) is 0 Å². The predicted molar refractivity (Wildman–Crippen MR) is 51.0 cm³/mol. The number of nitrogens with one attached hydrogen (secondary N) is 1. The summed E-state index contributed by atoms with van der Waals surface area (Å²) in [6.45, 7) is 2.97. The summed E-state index contributed by atoms with van der Waals surface area (Å²) in [4.78, 5) is 18.5. The summed E-state index contributed by atoms with van der Waals surface area (Å²) >= 11 is 0. The predicted octanol–water partition coefficient (Wildman–Crippen LogP) is -1.38. The molecule has 1 heterocycles. The zero-order chi connectivity index (χ0) is 11.4. The molecule has 0 saturated carbocycles. The van der Waals surface area contributed by atoms with Gasteiger partial charge in [-0.25, -0.2) is 9.97 Å². The van der Waals surface area contributed by atoms with Crippen LogP contribution < -0.4 is 10.4 Å². The standard InChI is InChI=1S/C9H13N3O3/c1-5-3-6(2)11-9(10-5)12-7(4-13)8(14)15/h3,7,13H,4H2,1-2H3,(H,14,15)(H,10,11,12)/p-1. The number of hydrogen-bond acceptors (Lipinski definition) is 6. The number of nitrogens with zero attached hydrogens (tertiary/aromatic N) is 2. The molecule has 0 radical (unpaired) electrons. The highest BCUT2D eigenvalue weighted by molar-refractivity contribution is 5.74. The average molecular weight is 210 g/mol. The number of aliphatic hydroxyl groups is 1. The van der Waals surface area contributed by atoms with E-state index in [4.69, 9.17) is 5.11 Å². The zero-order valence-corrected chi connectivity index (χ0v) is 8.52. The SMILES string of the molecule is Cc1cc(C)nc(NC(CO)C(=O)[O-])n1. The van der Waals surface area contributed by atoms with Crippen LogP contribution in [0.5, 0.6) is 0 Å². The first-order chi connectivity index (χ1) is 7.02. The summed E-state index contributed by atoms with van der Waals surface area (Å²) in [5, 5.41) is 21.7. The van der Waals surface area contributed by atoms with Gasteiger partial charge in [0.1, 0.15) is 0 Å². The van der Waals surface area contributed by atoms with Gasteiger partial charge in [0.05, 0.1) is 18.6 Å². The Morgan fingerprint density at radius 3 is 2.47 bits per heavy atom. The van der Waals surface area contributed by atoms with Crippen LogP contribution in [0.4, 0.5) is 5.95 Å². The van der Waals surface area contributed by atoms with Crippen molar-refractivity contribution in [1.82, 2.24) is 9.97 Å². The number of carbonyl (C=O) groups excluding carboxylic acids is 1. The molecule has 1 rings (SSSR count). The lowest BCUT2D eigenvalue weighted by Crippen LogP contribution is -2.43. The van der Waals surface area contributed by atoms with Crippen molar-refractivity contribution in [3.05, 3.63) is 17.5 Å². The van der Waals surface area contributed by atoms with Gasteiger partial charge in [-0.3, -0.25) is 0 Å². The number of carboxylic acid groups (broad SMARTS) is 1. The Hall–Kier alpha value is -1.69. The van der Waals surface area contributed by atoms with Crippen LogP contribution in [0, 0.1) is 13.8 Å². The van der Waals surface area contributed by atoms with Crippen LogP contribution in [0.3, 0.4) is 0 Å². The molecule has 82 valence electrons. The van der Waals surface area contributed by atoms with Crippen molar-refractivity contribution in [3.63, 3.8) is 0 Å². The summed E-state index contributed by atoms with van der Waals surface area (Å²) < 4.78 is 0.